The summed E-state index contributed by atoms with van der Waals surface area (Å²) in [7, 11) is 0. The van der Waals surface area contributed by atoms with Gasteiger partial charge in [0.1, 0.15) is 0 Å². The van der Waals surface area contributed by atoms with Crippen molar-refractivity contribution in [1.82, 2.24) is 9.97 Å². The van der Waals surface area contributed by atoms with Crippen LogP contribution in [-0.4, -0.2) is 9.97 Å². The van der Waals surface area contributed by atoms with Gasteiger partial charge in [-0.05, 0) is 31.0 Å². The van der Waals surface area contributed by atoms with Gasteiger partial charge in [0.15, 0.2) is 0 Å². The summed E-state index contributed by atoms with van der Waals surface area (Å²) in [4.78, 5) is 8.68. The lowest BCUT2D eigenvalue weighted by Gasteiger charge is -2.17. The first-order valence-corrected chi connectivity index (χ1v) is 6.51. The normalized spacial score (nSPS) is 12.4. The van der Waals surface area contributed by atoms with Crippen LogP contribution in [0.5, 0.6) is 0 Å². The number of rotatable bonds is 4. The summed E-state index contributed by atoms with van der Waals surface area (Å²) in [6.45, 7) is 6.30. The minimum atomic E-state index is 0.103. The zero-order chi connectivity index (χ0) is 13.8. The van der Waals surface area contributed by atoms with Gasteiger partial charge in [-0.2, -0.15) is 0 Å². The van der Waals surface area contributed by atoms with E-state index in [1.54, 1.807) is 12.4 Å². The largest absolute Gasteiger partial charge is 0.396 e. The molecule has 4 nitrogen and oxygen atoms in total. The number of pyridine rings is 2. The number of hydrogen-bond donors (Lipinski definition) is 2. The molecular weight excluding hydrogens is 236 g/mol. The molecule has 0 amide bonds. The summed E-state index contributed by atoms with van der Waals surface area (Å²) in [6.07, 6.45) is 3.51. The molecule has 1 unspecified atom stereocenters. The van der Waals surface area contributed by atoms with Crippen LogP contribution in [0.4, 0.5) is 11.4 Å². The molecule has 4 heteroatoms. The summed E-state index contributed by atoms with van der Waals surface area (Å²) in [5, 5.41) is 3.39. The second-order valence-corrected chi connectivity index (χ2v) is 4.97. The summed E-state index contributed by atoms with van der Waals surface area (Å²) in [5.74, 6) is 0.381. The van der Waals surface area contributed by atoms with Crippen LogP contribution in [0.15, 0.2) is 36.7 Å². The van der Waals surface area contributed by atoms with Gasteiger partial charge in [-0.3, -0.25) is 9.97 Å². The molecule has 0 aliphatic heterocycles. The minimum absolute atomic E-state index is 0.103. The lowest BCUT2D eigenvalue weighted by atomic mass is 10.1. The van der Waals surface area contributed by atoms with Crippen molar-refractivity contribution in [2.24, 2.45) is 0 Å². The fourth-order valence-electron chi connectivity index (χ4n) is 1.86. The maximum absolute atomic E-state index is 5.97. The number of hydrogen-bond acceptors (Lipinski definition) is 4. The Morgan fingerprint density at radius 3 is 2.53 bits per heavy atom. The highest BCUT2D eigenvalue weighted by Gasteiger charge is 2.10. The lowest BCUT2D eigenvalue weighted by molar-refractivity contribution is 0.814. The van der Waals surface area contributed by atoms with Gasteiger partial charge >= 0.3 is 0 Å². The number of anilines is 2. The van der Waals surface area contributed by atoms with E-state index in [4.69, 9.17) is 5.73 Å². The van der Waals surface area contributed by atoms with Crippen molar-refractivity contribution < 1.29 is 0 Å². The van der Waals surface area contributed by atoms with Crippen molar-refractivity contribution in [2.45, 2.75) is 32.7 Å². The zero-order valence-electron chi connectivity index (χ0n) is 11.6. The molecule has 3 N–H and O–H groups in total. The van der Waals surface area contributed by atoms with Gasteiger partial charge in [0.05, 0.1) is 29.3 Å². The molecule has 2 aromatic heterocycles. The molecule has 2 heterocycles. The highest BCUT2D eigenvalue weighted by Crippen LogP contribution is 2.25. The summed E-state index contributed by atoms with van der Waals surface area (Å²) in [5.41, 5.74) is 9.57. The van der Waals surface area contributed by atoms with Gasteiger partial charge in [-0.1, -0.05) is 19.9 Å². The monoisotopic (exact) mass is 256 g/mol. The Kier molecular flexibility index (Phi) is 4.00. The quantitative estimate of drug-likeness (QED) is 0.880. The second-order valence-electron chi connectivity index (χ2n) is 4.97. The molecule has 0 saturated heterocycles. The van der Waals surface area contributed by atoms with Crippen molar-refractivity contribution in [3.05, 3.63) is 48.0 Å². The van der Waals surface area contributed by atoms with Crippen molar-refractivity contribution in [3.8, 4) is 0 Å². The SMILES string of the molecule is CC(C)c1cc(NC(C)c2ccccn2)c(N)cn1. The van der Waals surface area contributed by atoms with E-state index in [0.29, 0.717) is 11.6 Å². The van der Waals surface area contributed by atoms with E-state index in [1.807, 2.05) is 24.3 Å². The van der Waals surface area contributed by atoms with Crippen LogP contribution in [0, 0.1) is 0 Å². The Bertz CT molecular complexity index is 537. The molecule has 19 heavy (non-hydrogen) atoms. The van der Waals surface area contributed by atoms with E-state index in [-0.39, 0.29) is 6.04 Å². The van der Waals surface area contributed by atoms with Gasteiger partial charge in [0, 0.05) is 11.9 Å². The predicted molar refractivity (Wildman–Crippen MR) is 79.0 cm³/mol. The van der Waals surface area contributed by atoms with Crippen LogP contribution >= 0.6 is 0 Å². The first kappa shape index (κ1) is 13.3. The molecule has 0 saturated carbocycles. The first-order valence-electron chi connectivity index (χ1n) is 6.51. The van der Waals surface area contributed by atoms with Crippen molar-refractivity contribution in [1.29, 1.82) is 0 Å². The zero-order valence-corrected chi connectivity index (χ0v) is 11.6. The van der Waals surface area contributed by atoms with Crippen LogP contribution in [0.3, 0.4) is 0 Å². The average molecular weight is 256 g/mol. The highest BCUT2D eigenvalue weighted by atomic mass is 15.0. The van der Waals surface area contributed by atoms with Crippen molar-refractivity contribution in [3.63, 3.8) is 0 Å². The summed E-state index contributed by atoms with van der Waals surface area (Å²) < 4.78 is 0. The van der Waals surface area contributed by atoms with Crippen LogP contribution in [0.2, 0.25) is 0 Å². The molecular formula is C15H20N4. The molecule has 2 rings (SSSR count). The molecule has 0 radical (unpaired) electrons. The number of nitrogen functional groups attached to an aromatic ring is 1. The van der Waals surface area contributed by atoms with Gasteiger partial charge in [-0.15, -0.1) is 0 Å². The van der Waals surface area contributed by atoms with Crippen molar-refractivity contribution >= 4 is 11.4 Å². The molecule has 0 spiro atoms. The van der Waals surface area contributed by atoms with Crippen LogP contribution in [0.25, 0.3) is 0 Å². The smallest absolute Gasteiger partial charge is 0.0736 e. The predicted octanol–water partition coefficient (Wildman–Crippen LogP) is 3.36. The van der Waals surface area contributed by atoms with E-state index in [2.05, 4.69) is 36.1 Å². The number of nitrogens with two attached hydrogens (primary N) is 1. The molecule has 0 aliphatic carbocycles. The standard InChI is InChI=1S/C15H20N4/c1-10(2)14-8-15(12(16)9-18-14)19-11(3)13-6-4-5-7-17-13/h4-11H,16H2,1-3H3,(H,18,19). The second kappa shape index (κ2) is 5.69. The molecule has 0 aliphatic rings. The van der Waals surface area contributed by atoms with E-state index < -0.39 is 0 Å². The van der Waals surface area contributed by atoms with E-state index in [0.717, 1.165) is 17.1 Å². The fraction of sp³-hybridized carbons (Fsp3) is 0.333. The molecule has 0 aromatic carbocycles. The fourth-order valence-corrected chi connectivity index (χ4v) is 1.86. The van der Waals surface area contributed by atoms with E-state index in [9.17, 15) is 0 Å². The molecule has 0 fully saturated rings. The number of aromatic nitrogens is 2. The van der Waals surface area contributed by atoms with Gasteiger partial charge in [-0.25, -0.2) is 0 Å². The first-order chi connectivity index (χ1) is 9.08. The molecule has 1 atom stereocenters. The molecule has 0 bridgehead atoms. The van der Waals surface area contributed by atoms with Crippen molar-refractivity contribution in [2.75, 3.05) is 11.1 Å². The minimum Gasteiger partial charge on any atom is -0.396 e. The summed E-state index contributed by atoms with van der Waals surface area (Å²) in [6, 6.07) is 8.01. The molecule has 2 aromatic rings. The molecule has 100 valence electrons. The number of nitrogens with zero attached hydrogens (tertiary/aromatic N) is 2. The Labute approximate surface area is 114 Å². The van der Waals surface area contributed by atoms with E-state index >= 15 is 0 Å². The third-order valence-electron chi connectivity index (χ3n) is 3.05. The topological polar surface area (TPSA) is 63.8 Å². The third-order valence-corrected chi connectivity index (χ3v) is 3.05. The van der Waals surface area contributed by atoms with Crippen LogP contribution in [0.1, 0.15) is 44.1 Å². The van der Waals surface area contributed by atoms with Crippen LogP contribution < -0.4 is 11.1 Å². The summed E-state index contributed by atoms with van der Waals surface area (Å²) >= 11 is 0. The lowest BCUT2D eigenvalue weighted by Crippen LogP contribution is -2.10. The van der Waals surface area contributed by atoms with Gasteiger partial charge in [0.2, 0.25) is 0 Å². The maximum Gasteiger partial charge on any atom is 0.0736 e. The Morgan fingerprint density at radius 1 is 1.11 bits per heavy atom. The number of nitrogens with one attached hydrogen (secondary N) is 1. The third kappa shape index (κ3) is 3.22. The van der Waals surface area contributed by atoms with Gasteiger partial charge in [0.25, 0.3) is 0 Å². The Morgan fingerprint density at radius 2 is 1.89 bits per heavy atom. The maximum atomic E-state index is 5.97. The van der Waals surface area contributed by atoms with Crippen LogP contribution in [-0.2, 0) is 0 Å². The highest BCUT2D eigenvalue weighted by molar-refractivity contribution is 5.66. The van der Waals surface area contributed by atoms with Gasteiger partial charge < -0.3 is 11.1 Å². The Hall–Kier alpha value is -2.10. The average Bonchev–Trinajstić information content (AvgIpc) is 2.42. The van der Waals surface area contributed by atoms with E-state index in [1.165, 1.54) is 0 Å². The Balaban J connectivity index is 2.21.